The van der Waals surface area contributed by atoms with E-state index < -0.39 is 17.9 Å². The molecule has 1 heterocycles. The zero-order chi connectivity index (χ0) is 11.5. The number of nitrogens with zero attached hydrogens (tertiary/aromatic N) is 1. The molecule has 0 aliphatic carbocycles. The SMILES string of the molecule is O=C1CCC(=O)N1C(=O)Oc1ccccc1. The molecule has 1 aliphatic heterocycles. The number of carbonyl (C=O) groups excluding carboxylic acids is 3. The molecule has 82 valence electrons. The van der Waals surface area contributed by atoms with Crippen molar-refractivity contribution in [3.63, 3.8) is 0 Å². The van der Waals surface area contributed by atoms with Gasteiger partial charge in [0.2, 0.25) is 11.8 Å². The van der Waals surface area contributed by atoms with Gasteiger partial charge in [0.1, 0.15) is 5.75 Å². The molecule has 1 aliphatic rings. The lowest BCUT2D eigenvalue weighted by Gasteiger charge is -2.11. The third kappa shape index (κ3) is 1.93. The van der Waals surface area contributed by atoms with Gasteiger partial charge in [-0.1, -0.05) is 18.2 Å². The Morgan fingerprint density at radius 2 is 1.62 bits per heavy atom. The van der Waals surface area contributed by atoms with Gasteiger partial charge in [-0.25, -0.2) is 4.79 Å². The van der Waals surface area contributed by atoms with Crippen LogP contribution in [0.4, 0.5) is 4.79 Å². The van der Waals surface area contributed by atoms with E-state index in [9.17, 15) is 14.4 Å². The Balaban J connectivity index is 2.09. The molecule has 0 aromatic heterocycles. The standard InChI is InChI=1S/C11H9NO4/c13-9-6-7-10(14)12(9)11(15)16-8-4-2-1-3-5-8/h1-5H,6-7H2. The minimum absolute atomic E-state index is 0.0721. The summed E-state index contributed by atoms with van der Waals surface area (Å²) in [5, 5.41) is 0. The Labute approximate surface area is 91.6 Å². The van der Waals surface area contributed by atoms with Gasteiger partial charge in [0.05, 0.1) is 0 Å². The molecule has 2 rings (SSSR count). The Hall–Kier alpha value is -2.17. The maximum absolute atomic E-state index is 11.5. The molecule has 1 aromatic carbocycles. The third-order valence-corrected chi connectivity index (χ3v) is 2.18. The third-order valence-electron chi connectivity index (χ3n) is 2.18. The van der Waals surface area contributed by atoms with Crippen LogP contribution in [0.3, 0.4) is 0 Å². The molecule has 0 bridgehead atoms. The van der Waals surface area contributed by atoms with E-state index >= 15 is 0 Å². The van der Waals surface area contributed by atoms with Gasteiger partial charge in [-0.3, -0.25) is 9.59 Å². The van der Waals surface area contributed by atoms with Gasteiger partial charge >= 0.3 is 6.09 Å². The lowest BCUT2D eigenvalue weighted by Crippen LogP contribution is -2.37. The molecule has 0 N–H and O–H groups in total. The number of para-hydroxylation sites is 1. The van der Waals surface area contributed by atoms with Crippen molar-refractivity contribution in [3.05, 3.63) is 30.3 Å². The van der Waals surface area contributed by atoms with Crippen molar-refractivity contribution in [1.29, 1.82) is 0 Å². The highest BCUT2D eigenvalue weighted by molar-refractivity contribution is 6.13. The number of imide groups is 3. The fourth-order valence-electron chi connectivity index (χ4n) is 1.42. The van der Waals surface area contributed by atoms with E-state index in [1.165, 1.54) is 0 Å². The lowest BCUT2D eigenvalue weighted by molar-refractivity contribution is -0.135. The summed E-state index contributed by atoms with van der Waals surface area (Å²) in [6.45, 7) is 0. The fraction of sp³-hybridized carbons (Fsp3) is 0.182. The molecule has 1 aromatic rings. The topological polar surface area (TPSA) is 63.7 Å². The molecular weight excluding hydrogens is 210 g/mol. The Kier molecular flexibility index (Phi) is 2.68. The van der Waals surface area contributed by atoms with E-state index in [0.717, 1.165) is 0 Å². The first-order valence-corrected chi connectivity index (χ1v) is 4.81. The van der Waals surface area contributed by atoms with E-state index in [1.807, 2.05) is 0 Å². The fourth-order valence-corrected chi connectivity index (χ4v) is 1.42. The van der Waals surface area contributed by atoms with Crippen molar-refractivity contribution < 1.29 is 19.1 Å². The molecular formula is C11H9NO4. The molecule has 0 unspecified atom stereocenters. The predicted molar refractivity (Wildman–Crippen MR) is 53.6 cm³/mol. The van der Waals surface area contributed by atoms with Gasteiger partial charge in [-0.2, -0.15) is 4.90 Å². The van der Waals surface area contributed by atoms with Crippen LogP contribution < -0.4 is 4.74 Å². The molecule has 5 heteroatoms. The van der Waals surface area contributed by atoms with Crippen molar-refractivity contribution in [2.24, 2.45) is 0 Å². The predicted octanol–water partition coefficient (Wildman–Crippen LogP) is 1.33. The average Bonchev–Trinajstić information content (AvgIpc) is 2.60. The van der Waals surface area contributed by atoms with Crippen molar-refractivity contribution in [1.82, 2.24) is 4.90 Å². The monoisotopic (exact) mass is 219 g/mol. The number of benzene rings is 1. The summed E-state index contributed by atoms with van der Waals surface area (Å²) in [5.74, 6) is -0.711. The quantitative estimate of drug-likeness (QED) is 0.668. The zero-order valence-electron chi connectivity index (χ0n) is 8.38. The number of rotatable bonds is 1. The Morgan fingerprint density at radius 1 is 1.06 bits per heavy atom. The Bertz CT molecular complexity index is 425. The van der Waals surface area contributed by atoms with Crippen LogP contribution in [0.1, 0.15) is 12.8 Å². The summed E-state index contributed by atoms with van der Waals surface area (Å²) in [5.41, 5.74) is 0. The van der Waals surface area contributed by atoms with Crippen LogP contribution in [0.2, 0.25) is 0 Å². The molecule has 16 heavy (non-hydrogen) atoms. The van der Waals surface area contributed by atoms with Crippen LogP contribution in [-0.2, 0) is 9.59 Å². The van der Waals surface area contributed by atoms with E-state index in [2.05, 4.69) is 0 Å². The van der Waals surface area contributed by atoms with Gasteiger partial charge in [0.25, 0.3) is 0 Å². The number of hydrogen-bond donors (Lipinski definition) is 0. The minimum Gasteiger partial charge on any atom is -0.410 e. The first-order valence-electron chi connectivity index (χ1n) is 4.81. The number of carbonyl (C=O) groups is 3. The van der Waals surface area contributed by atoms with Crippen molar-refractivity contribution in [2.45, 2.75) is 12.8 Å². The molecule has 3 amide bonds. The second kappa shape index (κ2) is 4.14. The number of hydrogen-bond acceptors (Lipinski definition) is 4. The molecule has 0 atom stereocenters. The summed E-state index contributed by atoms with van der Waals surface area (Å²) in [4.78, 5) is 34.5. The van der Waals surface area contributed by atoms with Gasteiger partial charge in [-0.15, -0.1) is 0 Å². The highest BCUT2D eigenvalue weighted by Gasteiger charge is 2.35. The summed E-state index contributed by atoms with van der Waals surface area (Å²) in [6, 6.07) is 8.29. The van der Waals surface area contributed by atoms with Crippen molar-refractivity contribution in [3.8, 4) is 5.75 Å². The summed E-state index contributed by atoms with van der Waals surface area (Å²) < 4.78 is 4.88. The molecule has 1 fully saturated rings. The van der Waals surface area contributed by atoms with Crippen LogP contribution >= 0.6 is 0 Å². The maximum Gasteiger partial charge on any atom is 0.429 e. The molecule has 0 radical (unpaired) electrons. The maximum atomic E-state index is 11.5. The van der Waals surface area contributed by atoms with Crippen LogP contribution in [-0.4, -0.2) is 22.8 Å². The van der Waals surface area contributed by atoms with Crippen LogP contribution in [0.5, 0.6) is 5.75 Å². The molecule has 0 saturated carbocycles. The number of amides is 3. The van der Waals surface area contributed by atoms with Crippen molar-refractivity contribution in [2.75, 3.05) is 0 Å². The second-order valence-electron chi connectivity index (χ2n) is 3.30. The first-order chi connectivity index (χ1) is 7.68. The van der Waals surface area contributed by atoms with Gasteiger partial charge < -0.3 is 4.74 Å². The number of likely N-dealkylation sites (tertiary alicyclic amines) is 1. The van der Waals surface area contributed by atoms with E-state index in [1.54, 1.807) is 30.3 Å². The molecule has 1 saturated heterocycles. The van der Waals surface area contributed by atoms with Gasteiger partial charge in [0.15, 0.2) is 0 Å². The van der Waals surface area contributed by atoms with Gasteiger partial charge in [-0.05, 0) is 12.1 Å². The van der Waals surface area contributed by atoms with Crippen LogP contribution in [0.25, 0.3) is 0 Å². The van der Waals surface area contributed by atoms with E-state index in [4.69, 9.17) is 4.74 Å². The van der Waals surface area contributed by atoms with E-state index in [0.29, 0.717) is 10.6 Å². The number of ether oxygens (including phenoxy) is 1. The first kappa shape index (κ1) is 10.4. The second-order valence-corrected chi connectivity index (χ2v) is 3.30. The minimum atomic E-state index is -0.932. The van der Waals surface area contributed by atoms with Gasteiger partial charge in [0, 0.05) is 12.8 Å². The van der Waals surface area contributed by atoms with Crippen molar-refractivity contribution >= 4 is 17.9 Å². The molecule has 0 spiro atoms. The van der Waals surface area contributed by atoms with Crippen LogP contribution in [0.15, 0.2) is 30.3 Å². The summed E-state index contributed by atoms with van der Waals surface area (Å²) in [6.07, 6.45) is -0.787. The largest absolute Gasteiger partial charge is 0.429 e. The average molecular weight is 219 g/mol. The molecule has 5 nitrogen and oxygen atoms in total. The summed E-state index contributed by atoms with van der Waals surface area (Å²) >= 11 is 0. The zero-order valence-corrected chi connectivity index (χ0v) is 8.38. The highest BCUT2D eigenvalue weighted by atomic mass is 16.6. The highest BCUT2D eigenvalue weighted by Crippen LogP contribution is 2.15. The smallest absolute Gasteiger partial charge is 0.410 e. The van der Waals surface area contributed by atoms with E-state index in [-0.39, 0.29) is 12.8 Å². The van der Waals surface area contributed by atoms with Crippen LogP contribution in [0, 0.1) is 0 Å². The summed E-state index contributed by atoms with van der Waals surface area (Å²) in [7, 11) is 0. The lowest BCUT2D eigenvalue weighted by atomic mass is 10.3. The normalized spacial score (nSPS) is 15.4. The Morgan fingerprint density at radius 3 is 2.19 bits per heavy atom.